The lowest BCUT2D eigenvalue weighted by atomic mass is 10.1. The number of carbonyl (C=O) groups excluding carboxylic acids is 1. The van der Waals surface area contributed by atoms with Crippen LogP contribution in [-0.2, 0) is 36.4 Å². The maximum atomic E-state index is 12.1. The third-order valence-electron chi connectivity index (χ3n) is 3.56. The molecule has 1 amide bonds. The fourth-order valence-electron chi connectivity index (χ4n) is 2.42. The van der Waals surface area contributed by atoms with Crippen molar-refractivity contribution in [1.29, 1.82) is 0 Å². The molecule has 0 spiro atoms. The summed E-state index contributed by atoms with van der Waals surface area (Å²) in [7, 11) is -16.8. The van der Waals surface area contributed by atoms with Gasteiger partial charge in [-0.25, -0.2) is 18.5 Å². The van der Waals surface area contributed by atoms with Gasteiger partial charge in [0.1, 0.15) is 24.1 Å². The number of ether oxygens (including phenoxy) is 1. The molecule has 2 heterocycles. The SMILES string of the molecule is CC(=O)Nc1ccn([C@@H]2O[C@H](COP(=O)(O)OP(=O)(O)OP(=O)(O)O)[C@H](O)C2O)c(=O)n1. The molecule has 1 aromatic rings. The molecule has 0 aliphatic carbocycles. The van der Waals surface area contributed by atoms with Crippen LogP contribution in [0.1, 0.15) is 13.2 Å². The average Bonchev–Trinajstić information content (AvgIpc) is 2.85. The van der Waals surface area contributed by atoms with Gasteiger partial charge in [0.05, 0.1) is 6.61 Å². The van der Waals surface area contributed by atoms with Crippen molar-refractivity contribution in [3.05, 3.63) is 22.7 Å². The van der Waals surface area contributed by atoms with Crippen molar-refractivity contribution in [2.24, 2.45) is 0 Å². The molecule has 0 bridgehead atoms. The normalized spacial score (nSPS) is 27.5. The van der Waals surface area contributed by atoms with Crippen LogP contribution >= 0.6 is 23.5 Å². The van der Waals surface area contributed by atoms with Gasteiger partial charge >= 0.3 is 29.2 Å². The molecule has 182 valence electrons. The summed E-state index contributed by atoms with van der Waals surface area (Å²) in [5.41, 5.74) is -0.999. The first kappa shape index (κ1) is 26.9. The van der Waals surface area contributed by atoms with Crippen molar-refractivity contribution in [3.63, 3.8) is 0 Å². The first-order valence-corrected chi connectivity index (χ1v) is 12.7. The van der Waals surface area contributed by atoms with E-state index in [4.69, 9.17) is 19.4 Å². The van der Waals surface area contributed by atoms with E-state index in [1.165, 1.54) is 13.0 Å². The minimum atomic E-state index is -5.74. The van der Waals surface area contributed by atoms with E-state index in [0.717, 1.165) is 10.8 Å². The Kier molecular flexibility index (Phi) is 8.29. The van der Waals surface area contributed by atoms with Crippen LogP contribution in [0.2, 0.25) is 0 Å². The molecule has 32 heavy (non-hydrogen) atoms. The molecule has 0 saturated carbocycles. The van der Waals surface area contributed by atoms with Crippen molar-refractivity contribution < 1.29 is 66.2 Å². The molecule has 18 nitrogen and oxygen atoms in total. The average molecular weight is 525 g/mol. The standard InChI is InChI=1S/C11H18N3O15P3/c1-5(15)12-7-2-3-14(11(18)13-7)10-9(17)8(16)6(27-10)4-26-31(22,23)29-32(24,25)28-30(19,20)21/h2-3,6,8-10,16-17H,4H2,1H3,(H,22,23)(H,24,25)(H2,19,20,21)(H,12,13,15,18)/t6-,8+,9?,10-/m1/s1. The van der Waals surface area contributed by atoms with Crippen molar-refractivity contribution in [1.82, 2.24) is 9.55 Å². The Hall–Kier alpha value is -1.36. The van der Waals surface area contributed by atoms with Gasteiger partial charge in [-0.05, 0) is 6.07 Å². The summed E-state index contributed by atoms with van der Waals surface area (Å²) in [5.74, 6) is -0.607. The lowest BCUT2D eigenvalue weighted by Gasteiger charge is -2.19. The van der Waals surface area contributed by atoms with Crippen LogP contribution in [0.25, 0.3) is 0 Å². The van der Waals surface area contributed by atoms with Gasteiger partial charge in [-0.1, -0.05) is 0 Å². The summed E-state index contributed by atoms with van der Waals surface area (Å²) in [6.07, 6.45) is -5.62. The van der Waals surface area contributed by atoms with E-state index in [1.54, 1.807) is 0 Å². The van der Waals surface area contributed by atoms with Gasteiger partial charge in [-0.2, -0.15) is 13.6 Å². The van der Waals surface area contributed by atoms with Gasteiger partial charge in [-0.15, -0.1) is 0 Å². The molecular formula is C11H18N3O15P3. The Morgan fingerprint density at radius 1 is 1.16 bits per heavy atom. The predicted octanol–water partition coefficient (Wildman–Crippen LogP) is -1.84. The lowest BCUT2D eigenvalue weighted by Crippen LogP contribution is -2.36. The zero-order valence-electron chi connectivity index (χ0n) is 15.8. The summed E-state index contributed by atoms with van der Waals surface area (Å²) in [4.78, 5) is 62.1. The molecule has 6 atom stereocenters. The summed E-state index contributed by atoms with van der Waals surface area (Å²) in [5, 5.41) is 22.4. The number of anilines is 1. The Morgan fingerprint density at radius 3 is 2.31 bits per heavy atom. The number of aliphatic hydroxyl groups excluding tert-OH is 2. The Labute approximate surface area is 177 Å². The van der Waals surface area contributed by atoms with Gasteiger partial charge in [0, 0.05) is 13.1 Å². The monoisotopic (exact) mass is 525 g/mol. The largest absolute Gasteiger partial charge is 0.490 e. The predicted molar refractivity (Wildman–Crippen MR) is 98.5 cm³/mol. The van der Waals surface area contributed by atoms with Crippen LogP contribution < -0.4 is 11.0 Å². The molecule has 1 fully saturated rings. The van der Waals surface area contributed by atoms with E-state index in [9.17, 15) is 38.4 Å². The Balaban J connectivity index is 2.07. The van der Waals surface area contributed by atoms with Crippen molar-refractivity contribution in [2.75, 3.05) is 11.9 Å². The minimum Gasteiger partial charge on any atom is -0.387 e. The highest BCUT2D eigenvalue weighted by atomic mass is 31.3. The number of nitrogens with one attached hydrogen (secondary N) is 1. The van der Waals surface area contributed by atoms with Gasteiger partial charge in [-0.3, -0.25) is 13.9 Å². The maximum absolute atomic E-state index is 12.1. The molecular weight excluding hydrogens is 507 g/mol. The summed E-state index contributed by atoms with van der Waals surface area (Å²) in [6.45, 7) is 0.125. The number of phosphoric acid groups is 3. The zero-order valence-corrected chi connectivity index (χ0v) is 18.4. The first-order valence-electron chi connectivity index (χ1n) is 8.16. The molecule has 2 rings (SSSR count). The van der Waals surface area contributed by atoms with E-state index < -0.39 is 66.2 Å². The van der Waals surface area contributed by atoms with Crippen molar-refractivity contribution >= 4 is 35.2 Å². The number of nitrogens with zero attached hydrogens (tertiary/aromatic N) is 2. The third-order valence-corrected chi connectivity index (χ3v) is 7.37. The Bertz CT molecular complexity index is 1050. The van der Waals surface area contributed by atoms with Gasteiger partial charge in [0.15, 0.2) is 6.23 Å². The first-order chi connectivity index (χ1) is 14.5. The number of hydrogen-bond donors (Lipinski definition) is 7. The lowest BCUT2D eigenvalue weighted by molar-refractivity contribution is -0.114. The van der Waals surface area contributed by atoms with Crippen LogP contribution in [-0.4, -0.2) is 70.2 Å². The maximum Gasteiger partial charge on any atom is 0.490 e. The summed E-state index contributed by atoms with van der Waals surface area (Å²) in [6, 6.07) is 1.19. The molecule has 1 aliphatic rings. The highest BCUT2D eigenvalue weighted by Crippen LogP contribution is 2.66. The van der Waals surface area contributed by atoms with E-state index in [1.807, 2.05) is 0 Å². The van der Waals surface area contributed by atoms with E-state index in [-0.39, 0.29) is 5.82 Å². The van der Waals surface area contributed by atoms with Crippen LogP contribution in [0.3, 0.4) is 0 Å². The summed E-state index contributed by atoms with van der Waals surface area (Å²) >= 11 is 0. The van der Waals surface area contributed by atoms with E-state index in [2.05, 4.69) is 23.4 Å². The molecule has 3 unspecified atom stereocenters. The smallest absolute Gasteiger partial charge is 0.387 e. The molecule has 1 saturated heterocycles. The minimum absolute atomic E-state index is 0.101. The molecule has 21 heteroatoms. The number of amides is 1. The number of aliphatic hydroxyl groups is 2. The molecule has 7 N–H and O–H groups in total. The van der Waals surface area contributed by atoms with E-state index in [0.29, 0.717) is 0 Å². The van der Waals surface area contributed by atoms with Crippen LogP contribution in [0.4, 0.5) is 5.82 Å². The van der Waals surface area contributed by atoms with Gasteiger partial charge in [0.2, 0.25) is 5.91 Å². The second-order valence-electron chi connectivity index (χ2n) is 6.12. The van der Waals surface area contributed by atoms with Crippen LogP contribution in [0.5, 0.6) is 0 Å². The highest BCUT2D eigenvalue weighted by Gasteiger charge is 2.46. The van der Waals surface area contributed by atoms with Crippen molar-refractivity contribution in [2.45, 2.75) is 31.5 Å². The second-order valence-corrected chi connectivity index (χ2v) is 10.5. The van der Waals surface area contributed by atoms with E-state index >= 15 is 0 Å². The number of rotatable bonds is 9. The number of aromatic nitrogens is 2. The topological polar surface area (TPSA) is 273 Å². The fraction of sp³-hybridized carbons (Fsp3) is 0.545. The molecule has 0 radical (unpaired) electrons. The highest BCUT2D eigenvalue weighted by molar-refractivity contribution is 7.66. The zero-order chi connectivity index (χ0) is 24.5. The number of carbonyl (C=O) groups is 1. The van der Waals surface area contributed by atoms with Gasteiger partial charge < -0.3 is 39.8 Å². The third kappa shape index (κ3) is 7.60. The van der Waals surface area contributed by atoms with Crippen LogP contribution in [0, 0.1) is 0 Å². The second kappa shape index (κ2) is 9.87. The number of phosphoric ester groups is 1. The van der Waals surface area contributed by atoms with Crippen LogP contribution in [0.15, 0.2) is 17.1 Å². The molecule has 1 aromatic heterocycles. The quantitative estimate of drug-likeness (QED) is 0.175. The van der Waals surface area contributed by atoms with Crippen molar-refractivity contribution in [3.8, 4) is 0 Å². The fourth-order valence-corrected chi connectivity index (χ4v) is 5.45. The molecule has 1 aliphatic heterocycles. The Morgan fingerprint density at radius 2 is 1.78 bits per heavy atom. The molecule has 0 aromatic carbocycles. The summed E-state index contributed by atoms with van der Waals surface area (Å²) < 4.78 is 51.0. The van der Waals surface area contributed by atoms with Gasteiger partial charge in [0.25, 0.3) is 0 Å². The number of hydrogen-bond acceptors (Lipinski definition) is 12.